The molecule has 33 heavy (non-hydrogen) atoms. The highest BCUT2D eigenvalue weighted by molar-refractivity contribution is 5.93. The van der Waals surface area contributed by atoms with Crippen molar-refractivity contribution in [2.45, 2.75) is 32.6 Å². The van der Waals surface area contributed by atoms with E-state index in [1.54, 1.807) is 17.7 Å². The number of nitrogens with zero attached hydrogens (tertiary/aromatic N) is 4. The molecule has 1 aliphatic heterocycles. The lowest BCUT2D eigenvalue weighted by Gasteiger charge is -2.28. The summed E-state index contributed by atoms with van der Waals surface area (Å²) in [5.74, 6) is 0.408. The zero-order chi connectivity index (χ0) is 23.2. The highest BCUT2D eigenvalue weighted by atomic mass is 19.4. The molecule has 0 saturated heterocycles. The first-order valence-electron chi connectivity index (χ1n) is 10.6. The maximum atomic E-state index is 12.8. The molecule has 5 nitrogen and oxygen atoms in total. The number of halogens is 3. The molecule has 0 bridgehead atoms. The third-order valence-electron chi connectivity index (χ3n) is 6.01. The van der Waals surface area contributed by atoms with Crippen molar-refractivity contribution in [3.05, 3.63) is 83.3 Å². The first kappa shape index (κ1) is 21.3. The summed E-state index contributed by atoms with van der Waals surface area (Å²) in [6, 6.07) is 12.8. The van der Waals surface area contributed by atoms with E-state index in [1.807, 2.05) is 30.5 Å². The highest BCUT2D eigenvalue weighted by Gasteiger charge is 2.30. The molecule has 8 heteroatoms. The van der Waals surface area contributed by atoms with Crippen molar-refractivity contribution in [3.8, 4) is 11.4 Å². The topological polar surface area (TPSA) is 51.0 Å². The SMILES string of the molecule is CC(=O)n1cc(CN2CCc3nc(-c4ccc(C(F)(F)F)cc4)ncc3C2)c2ccccc21. The van der Waals surface area contributed by atoms with Gasteiger partial charge in [-0.2, -0.15) is 13.2 Å². The van der Waals surface area contributed by atoms with Gasteiger partial charge in [0, 0.05) is 61.9 Å². The fourth-order valence-corrected chi connectivity index (χ4v) is 4.33. The molecule has 0 saturated carbocycles. The van der Waals surface area contributed by atoms with Gasteiger partial charge in [-0.25, -0.2) is 9.97 Å². The number of aromatic nitrogens is 3. The van der Waals surface area contributed by atoms with E-state index in [0.717, 1.165) is 52.8 Å². The van der Waals surface area contributed by atoms with Crippen molar-refractivity contribution in [3.63, 3.8) is 0 Å². The van der Waals surface area contributed by atoms with Gasteiger partial charge in [0.1, 0.15) is 0 Å². The monoisotopic (exact) mass is 450 g/mol. The third kappa shape index (κ3) is 4.14. The average Bonchev–Trinajstić information content (AvgIpc) is 3.17. The zero-order valence-electron chi connectivity index (χ0n) is 17.9. The van der Waals surface area contributed by atoms with Gasteiger partial charge in [0.15, 0.2) is 5.82 Å². The zero-order valence-corrected chi connectivity index (χ0v) is 17.9. The smallest absolute Gasteiger partial charge is 0.294 e. The Labute approximate surface area is 188 Å². The van der Waals surface area contributed by atoms with Crippen LogP contribution in [0.2, 0.25) is 0 Å². The van der Waals surface area contributed by atoms with Crippen LogP contribution in [0.1, 0.15) is 34.1 Å². The summed E-state index contributed by atoms with van der Waals surface area (Å²) in [4.78, 5) is 23.3. The van der Waals surface area contributed by atoms with Crippen molar-refractivity contribution in [2.24, 2.45) is 0 Å². The van der Waals surface area contributed by atoms with E-state index in [0.29, 0.717) is 24.5 Å². The molecule has 0 fully saturated rings. The van der Waals surface area contributed by atoms with Gasteiger partial charge < -0.3 is 0 Å². The van der Waals surface area contributed by atoms with E-state index < -0.39 is 11.7 Å². The lowest BCUT2D eigenvalue weighted by molar-refractivity contribution is -0.137. The normalized spacial score (nSPS) is 14.4. The number of fused-ring (bicyclic) bond motifs is 2. The lowest BCUT2D eigenvalue weighted by atomic mass is 10.1. The lowest BCUT2D eigenvalue weighted by Crippen LogP contribution is -2.31. The number of hydrogen-bond donors (Lipinski definition) is 0. The standard InChI is InChI=1S/C25H21F3N4O/c1-16(33)32-15-19(21-4-2-3-5-23(21)32)14-31-11-10-22-18(13-31)12-29-24(30-22)17-6-8-20(9-7-17)25(26,27)28/h2-9,12,15H,10-11,13-14H2,1H3. The molecule has 0 unspecified atom stereocenters. The van der Waals surface area contributed by atoms with Crippen LogP contribution in [0.5, 0.6) is 0 Å². The van der Waals surface area contributed by atoms with Crippen LogP contribution in [-0.4, -0.2) is 31.9 Å². The van der Waals surface area contributed by atoms with Crippen molar-refractivity contribution >= 4 is 16.8 Å². The first-order chi connectivity index (χ1) is 15.8. The minimum absolute atomic E-state index is 0.0226. The van der Waals surface area contributed by atoms with Gasteiger partial charge >= 0.3 is 6.18 Å². The summed E-state index contributed by atoms with van der Waals surface area (Å²) in [7, 11) is 0. The fraction of sp³-hybridized carbons (Fsp3) is 0.240. The van der Waals surface area contributed by atoms with Crippen molar-refractivity contribution in [1.29, 1.82) is 0 Å². The number of para-hydroxylation sites is 1. The number of carbonyl (C=O) groups is 1. The largest absolute Gasteiger partial charge is 0.416 e. The summed E-state index contributed by atoms with van der Waals surface area (Å²) in [6.45, 7) is 3.71. The van der Waals surface area contributed by atoms with Gasteiger partial charge in [-0.3, -0.25) is 14.3 Å². The molecule has 1 aliphatic rings. The van der Waals surface area contributed by atoms with Crippen LogP contribution in [-0.2, 0) is 25.7 Å². The Balaban J connectivity index is 1.35. The Morgan fingerprint density at radius 2 is 1.85 bits per heavy atom. The van der Waals surface area contributed by atoms with E-state index in [-0.39, 0.29) is 5.91 Å². The third-order valence-corrected chi connectivity index (χ3v) is 6.01. The second-order valence-electron chi connectivity index (χ2n) is 8.26. The van der Waals surface area contributed by atoms with Crippen molar-refractivity contribution in [1.82, 2.24) is 19.4 Å². The predicted molar refractivity (Wildman–Crippen MR) is 119 cm³/mol. The Bertz CT molecular complexity index is 1340. The van der Waals surface area contributed by atoms with Crippen molar-refractivity contribution in [2.75, 3.05) is 6.54 Å². The van der Waals surface area contributed by atoms with E-state index in [2.05, 4.69) is 14.9 Å². The molecule has 2 aromatic carbocycles. The molecular formula is C25H21F3N4O. The fourth-order valence-electron chi connectivity index (χ4n) is 4.33. The number of hydrogen-bond acceptors (Lipinski definition) is 4. The van der Waals surface area contributed by atoms with Gasteiger partial charge in [-0.15, -0.1) is 0 Å². The van der Waals surface area contributed by atoms with Gasteiger partial charge in [0.05, 0.1) is 16.8 Å². The molecule has 2 aromatic heterocycles. The first-order valence-corrected chi connectivity index (χ1v) is 10.6. The summed E-state index contributed by atoms with van der Waals surface area (Å²) in [5, 5.41) is 1.06. The van der Waals surface area contributed by atoms with Gasteiger partial charge in [0.25, 0.3) is 0 Å². The van der Waals surface area contributed by atoms with Crippen LogP contribution in [0.15, 0.2) is 60.9 Å². The van der Waals surface area contributed by atoms with E-state index >= 15 is 0 Å². The Morgan fingerprint density at radius 3 is 2.58 bits per heavy atom. The molecular weight excluding hydrogens is 429 g/mol. The molecule has 0 N–H and O–H groups in total. The van der Waals surface area contributed by atoms with Crippen LogP contribution in [0.3, 0.4) is 0 Å². The number of benzene rings is 2. The summed E-state index contributed by atoms with van der Waals surface area (Å²) >= 11 is 0. The predicted octanol–water partition coefficient (Wildman–Crippen LogP) is 5.34. The molecule has 5 rings (SSSR count). The number of carbonyl (C=O) groups excluding carboxylic acids is 1. The Morgan fingerprint density at radius 1 is 1.09 bits per heavy atom. The minimum Gasteiger partial charge on any atom is -0.294 e. The minimum atomic E-state index is -4.37. The van der Waals surface area contributed by atoms with E-state index in [9.17, 15) is 18.0 Å². The van der Waals surface area contributed by atoms with Crippen LogP contribution in [0, 0.1) is 0 Å². The second kappa shape index (κ2) is 8.12. The maximum Gasteiger partial charge on any atom is 0.416 e. The molecule has 0 spiro atoms. The molecule has 0 radical (unpaired) electrons. The quantitative estimate of drug-likeness (QED) is 0.423. The molecule has 168 valence electrons. The van der Waals surface area contributed by atoms with E-state index in [1.165, 1.54) is 12.1 Å². The molecule has 0 atom stereocenters. The van der Waals surface area contributed by atoms with Crippen LogP contribution in [0.4, 0.5) is 13.2 Å². The number of alkyl halides is 3. The second-order valence-corrected chi connectivity index (χ2v) is 8.26. The molecule has 4 aromatic rings. The summed E-state index contributed by atoms with van der Waals surface area (Å²) in [5.41, 5.74) is 3.79. The van der Waals surface area contributed by atoms with Gasteiger partial charge in [-0.05, 0) is 23.8 Å². The Hall–Kier alpha value is -3.52. The van der Waals surface area contributed by atoms with E-state index in [4.69, 9.17) is 0 Å². The Kier molecular flexibility index (Phi) is 5.25. The number of rotatable bonds is 3. The summed E-state index contributed by atoms with van der Waals surface area (Å²) in [6.07, 6.45) is 0.0271. The van der Waals surface area contributed by atoms with Gasteiger partial charge in [-0.1, -0.05) is 30.3 Å². The van der Waals surface area contributed by atoms with Crippen LogP contribution in [0.25, 0.3) is 22.3 Å². The highest BCUT2D eigenvalue weighted by Crippen LogP contribution is 2.31. The molecule has 3 heterocycles. The average molecular weight is 450 g/mol. The van der Waals surface area contributed by atoms with Crippen LogP contribution < -0.4 is 0 Å². The summed E-state index contributed by atoms with van der Waals surface area (Å²) < 4.78 is 40.1. The van der Waals surface area contributed by atoms with Crippen LogP contribution >= 0.6 is 0 Å². The van der Waals surface area contributed by atoms with Crippen molar-refractivity contribution < 1.29 is 18.0 Å². The van der Waals surface area contributed by atoms with Gasteiger partial charge in [0.2, 0.25) is 5.91 Å². The maximum absolute atomic E-state index is 12.8. The molecule has 0 amide bonds. The molecule has 0 aliphatic carbocycles.